The molecule has 160 valence electrons. The first-order valence-corrected chi connectivity index (χ1v) is 9.87. The van der Waals surface area contributed by atoms with Crippen LogP contribution in [-0.4, -0.2) is 40.4 Å². The molecule has 0 bridgehead atoms. The Morgan fingerprint density at radius 3 is 2.71 bits per heavy atom. The third kappa shape index (κ3) is 4.63. The zero-order chi connectivity index (χ0) is 21.8. The summed E-state index contributed by atoms with van der Waals surface area (Å²) in [6.07, 6.45) is 2.89. The van der Waals surface area contributed by atoms with E-state index in [2.05, 4.69) is 25.8 Å². The van der Waals surface area contributed by atoms with Gasteiger partial charge in [0.1, 0.15) is 12.6 Å². The van der Waals surface area contributed by atoms with E-state index in [1.807, 2.05) is 13.8 Å². The van der Waals surface area contributed by atoms with Gasteiger partial charge in [-0.2, -0.15) is 4.98 Å². The number of anilines is 2. The van der Waals surface area contributed by atoms with E-state index in [-0.39, 0.29) is 5.92 Å². The molecule has 3 heterocycles. The van der Waals surface area contributed by atoms with Crippen molar-refractivity contribution in [1.29, 1.82) is 0 Å². The van der Waals surface area contributed by atoms with E-state index < -0.39 is 18.2 Å². The Bertz CT molecular complexity index is 1070. The number of rotatable bonds is 6. The smallest absolute Gasteiger partial charge is 0.414 e. The Morgan fingerprint density at radius 1 is 1.19 bits per heavy atom. The molecule has 0 saturated carbocycles. The van der Waals surface area contributed by atoms with Crippen molar-refractivity contribution in [3.63, 3.8) is 0 Å². The van der Waals surface area contributed by atoms with Crippen LogP contribution in [-0.2, 0) is 4.74 Å². The van der Waals surface area contributed by atoms with E-state index in [1.54, 1.807) is 48.8 Å². The molecule has 2 N–H and O–H groups in total. The molecule has 0 aliphatic carbocycles. The molecule has 3 aromatic rings. The second kappa shape index (κ2) is 8.82. The first kappa shape index (κ1) is 20.3. The second-order valence-electron chi connectivity index (χ2n) is 7.33. The first-order chi connectivity index (χ1) is 15.0. The third-order valence-corrected chi connectivity index (χ3v) is 4.78. The van der Waals surface area contributed by atoms with Crippen LogP contribution in [0.25, 0.3) is 11.4 Å². The van der Waals surface area contributed by atoms with Gasteiger partial charge in [0, 0.05) is 29.3 Å². The van der Waals surface area contributed by atoms with Gasteiger partial charge in [0.25, 0.3) is 0 Å². The number of cyclic esters (lactones) is 1. The van der Waals surface area contributed by atoms with Gasteiger partial charge in [-0.15, -0.1) is 0 Å². The molecule has 3 amide bonds. The number of amides is 3. The SMILES string of the molecule is CC(C)C(NC(=O)Nc1cccc(N2CCOC2=O)c1)c1nc(-c2ccncc2)no1. The van der Waals surface area contributed by atoms with Crippen molar-refractivity contribution in [1.82, 2.24) is 20.4 Å². The molecule has 10 heteroatoms. The number of pyridine rings is 1. The molecule has 1 aliphatic heterocycles. The van der Waals surface area contributed by atoms with Gasteiger partial charge in [0.15, 0.2) is 0 Å². The highest BCUT2D eigenvalue weighted by Gasteiger charge is 2.26. The van der Waals surface area contributed by atoms with E-state index in [9.17, 15) is 9.59 Å². The average molecular weight is 422 g/mol. The summed E-state index contributed by atoms with van der Waals surface area (Å²) < 4.78 is 10.4. The van der Waals surface area contributed by atoms with Crippen molar-refractivity contribution in [2.45, 2.75) is 19.9 Å². The predicted molar refractivity (Wildman–Crippen MR) is 112 cm³/mol. The van der Waals surface area contributed by atoms with E-state index >= 15 is 0 Å². The van der Waals surface area contributed by atoms with E-state index in [0.717, 1.165) is 5.56 Å². The van der Waals surface area contributed by atoms with E-state index in [0.29, 0.717) is 36.2 Å². The lowest BCUT2D eigenvalue weighted by molar-refractivity contribution is 0.181. The maximum Gasteiger partial charge on any atom is 0.414 e. The quantitative estimate of drug-likeness (QED) is 0.622. The minimum absolute atomic E-state index is 0.00203. The summed E-state index contributed by atoms with van der Waals surface area (Å²) in [4.78, 5) is 34.3. The van der Waals surface area contributed by atoms with Gasteiger partial charge in [-0.25, -0.2) is 9.59 Å². The molecule has 2 aromatic heterocycles. The van der Waals surface area contributed by atoms with Gasteiger partial charge >= 0.3 is 12.1 Å². The van der Waals surface area contributed by atoms with Gasteiger partial charge in [-0.3, -0.25) is 9.88 Å². The molecule has 1 fully saturated rings. The topological polar surface area (TPSA) is 122 Å². The summed E-state index contributed by atoms with van der Waals surface area (Å²) in [5.41, 5.74) is 1.97. The molecule has 0 radical (unpaired) electrons. The number of hydrogen-bond donors (Lipinski definition) is 2. The highest BCUT2D eigenvalue weighted by atomic mass is 16.6. The molecule has 1 saturated heterocycles. The lowest BCUT2D eigenvalue weighted by Crippen LogP contribution is -2.35. The second-order valence-corrected chi connectivity index (χ2v) is 7.33. The molecule has 1 aromatic carbocycles. The zero-order valence-electron chi connectivity index (χ0n) is 17.1. The first-order valence-electron chi connectivity index (χ1n) is 9.87. The Morgan fingerprint density at radius 2 is 2.00 bits per heavy atom. The van der Waals surface area contributed by atoms with Gasteiger partial charge in [-0.1, -0.05) is 25.1 Å². The number of carbonyl (C=O) groups is 2. The predicted octanol–water partition coefficient (Wildman–Crippen LogP) is 3.61. The van der Waals surface area contributed by atoms with Crippen molar-refractivity contribution < 1.29 is 18.8 Å². The van der Waals surface area contributed by atoms with E-state index in [4.69, 9.17) is 9.26 Å². The van der Waals surface area contributed by atoms with Crippen LogP contribution in [0.3, 0.4) is 0 Å². The molecular weight excluding hydrogens is 400 g/mol. The van der Waals surface area contributed by atoms with E-state index in [1.165, 1.54) is 4.90 Å². The van der Waals surface area contributed by atoms with Crippen molar-refractivity contribution in [3.8, 4) is 11.4 Å². The van der Waals surface area contributed by atoms with Gasteiger partial charge < -0.3 is 19.9 Å². The third-order valence-electron chi connectivity index (χ3n) is 4.78. The van der Waals surface area contributed by atoms with Crippen LogP contribution in [0.15, 0.2) is 53.3 Å². The number of urea groups is 1. The van der Waals surface area contributed by atoms with Crippen LogP contribution in [0.2, 0.25) is 0 Å². The fourth-order valence-electron chi connectivity index (χ4n) is 3.18. The lowest BCUT2D eigenvalue weighted by atomic mass is 10.0. The van der Waals surface area contributed by atoms with Crippen LogP contribution in [0.1, 0.15) is 25.8 Å². The average Bonchev–Trinajstić information content (AvgIpc) is 3.42. The molecule has 31 heavy (non-hydrogen) atoms. The van der Waals surface area contributed by atoms with Gasteiger partial charge in [0.2, 0.25) is 11.7 Å². The minimum Gasteiger partial charge on any atom is -0.447 e. The normalized spacial score (nSPS) is 14.4. The van der Waals surface area contributed by atoms with Crippen LogP contribution < -0.4 is 15.5 Å². The van der Waals surface area contributed by atoms with Crippen LogP contribution in [0, 0.1) is 5.92 Å². The summed E-state index contributed by atoms with van der Waals surface area (Å²) in [7, 11) is 0. The number of nitrogens with zero attached hydrogens (tertiary/aromatic N) is 4. The molecular formula is C21H22N6O4. The molecule has 1 unspecified atom stereocenters. The monoisotopic (exact) mass is 422 g/mol. The summed E-state index contributed by atoms with van der Waals surface area (Å²) in [5, 5.41) is 9.68. The van der Waals surface area contributed by atoms with Crippen molar-refractivity contribution >= 4 is 23.5 Å². The number of benzene rings is 1. The number of ether oxygens (including phenoxy) is 1. The molecule has 10 nitrogen and oxygen atoms in total. The van der Waals surface area contributed by atoms with Crippen molar-refractivity contribution in [2.24, 2.45) is 5.92 Å². The highest BCUT2D eigenvalue weighted by Crippen LogP contribution is 2.25. The molecule has 0 spiro atoms. The Kier molecular flexibility index (Phi) is 5.78. The maximum absolute atomic E-state index is 12.6. The van der Waals surface area contributed by atoms with Crippen molar-refractivity contribution in [2.75, 3.05) is 23.4 Å². The lowest BCUT2D eigenvalue weighted by Gasteiger charge is -2.19. The Labute approximate surface area is 178 Å². The summed E-state index contributed by atoms with van der Waals surface area (Å²) in [6.45, 7) is 4.71. The number of nitrogens with one attached hydrogen (secondary N) is 2. The number of hydrogen-bond acceptors (Lipinski definition) is 7. The fourth-order valence-corrected chi connectivity index (χ4v) is 3.18. The Balaban J connectivity index is 1.45. The summed E-state index contributed by atoms with van der Waals surface area (Å²) in [6, 6.07) is 9.64. The Hall–Kier alpha value is -3.95. The maximum atomic E-state index is 12.6. The van der Waals surface area contributed by atoms with Gasteiger partial charge in [0.05, 0.1) is 6.54 Å². The minimum atomic E-state index is -0.486. The van der Waals surface area contributed by atoms with Crippen molar-refractivity contribution in [3.05, 3.63) is 54.7 Å². The van der Waals surface area contributed by atoms with Crippen LogP contribution in [0.5, 0.6) is 0 Å². The molecule has 4 rings (SSSR count). The molecule has 1 aliphatic rings. The van der Waals surface area contributed by atoms with Gasteiger partial charge in [-0.05, 0) is 36.2 Å². The number of aromatic nitrogens is 3. The summed E-state index contributed by atoms with van der Waals surface area (Å²) >= 11 is 0. The fraction of sp³-hybridized carbons (Fsp3) is 0.286. The summed E-state index contributed by atoms with van der Waals surface area (Å²) in [5.74, 6) is 0.739. The van der Waals surface area contributed by atoms with Crippen LogP contribution in [0.4, 0.5) is 21.0 Å². The molecule has 1 atom stereocenters. The van der Waals surface area contributed by atoms with Crippen LogP contribution >= 0.6 is 0 Å². The standard InChI is InChI=1S/C21H22N6O4/c1-13(2)17(19-25-18(26-31-19)14-6-8-22-9-7-14)24-20(28)23-15-4-3-5-16(12-15)27-10-11-30-21(27)29/h3-9,12-13,17H,10-11H2,1-2H3,(H2,23,24,28). The highest BCUT2D eigenvalue weighted by molar-refractivity contribution is 5.93. The largest absolute Gasteiger partial charge is 0.447 e. The number of carbonyl (C=O) groups excluding carboxylic acids is 2. The zero-order valence-corrected chi connectivity index (χ0v) is 17.1.